The molecule has 0 unspecified atom stereocenters. The van der Waals surface area contributed by atoms with Crippen molar-refractivity contribution in [2.45, 2.75) is 58.4 Å². The second-order valence-corrected chi connectivity index (χ2v) is 16.1. The van der Waals surface area contributed by atoms with E-state index in [1.807, 2.05) is 0 Å². The second-order valence-electron chi connectivity index (χ2n) is 14.1. The number of ether oxygens (including phenoxy) is 4. The Hall–Kier alpha value is -6.94. The molecule has 0 bridgehead atoms. The van der Waals surface area contributed by atoms with Gasteiger partial charge in [0.2, 0.25) is 0 Å². The fourth-order valence-corrected chi connectivity index (χ4v) is 8.79. The monoisotopic (exact) mass is 950 g/mol. The number of aryl methyl sites for hydroxylation is 4. The Morgan fingerprint density at radius 1 is 0.667 bits per heavy atom. The van der Waals surface area contributed by atoms with Crippen molar-refractivity contribution in [3.8, 4) is 23.0 Å². The van der Waals surface area contributed by atoms with Gasteiger partial charge in [0.15, 0.2) is 38.4 Å². The number of nitrogens with zero attached hydrogens (tertiary/aromatic N) is 7. The molecule has 4 heterocycles. The average Bonchev–Trinajstić information content (AvgIpc) is 3.90. The maximum atomic E-state index is 13.5. The van der Waals surface area contributed by atoms with Crippen molar-refractivity contribution < 1.29 is 45.3 Å². The summed E-state index contributed by atoms with van der Waals surface area (Å²) in [6, 6.07) is 21.7. The molecule has 0 fully saturated rings. The molecule has 8 rings (SSSR count). The molecule has 4 N–H and O–H groups in total. The molecule has 8 aromatic rings. The van der Waals surface area contributed by atoms with Gasteiger partial charge in [-0.25, -0.2) is 24.9 Å². The zero-order valence-corrected chi connectivity index (χ0v) is 37.1. The summed E-state index contributed by atoms with van der Waals surface area (Å²) in [6.45, 7) is 0.420. The van der Waals surface area contributed by atoms with Crippen molar-refractivity contribution in [1.82, 2.24) is 39.0 Å². The Kier molecular flexibility index (Phi) is 14.3. The number of methoxy groups -OCH3 is 4. The summed E-state index contributed by atoms with van der Waals surface area (Å²) in [7, 11) is 6.23. The smallest absolute Gasteiger partial charge is 0.416 e. The van der Waals surface area contributed by atoms with Gasteiger partial charge in [-0.2, -0.15) is 26.3 Å². The fraction of sp³-hybridized carbons (Fsp3) is 0.227. The number of aromatic nitrogens is 8. The third kappa shape index (κ3) is 10.6. The van der Waals surface area contributed by atoms with E-state index in [4.69, 9.17) is 30.1 Å². The van der Waals surface area contributed by atoms with Crippen LogP contribution in [-0.2, 0) is 38.3 Å². The van der Waals surface area contributed by atoms with Gasteiger partial charge < -0.3 is 38.8 Å². The molecule has 0 amide bonds. The summed E-state index contributed by atoms with van der Waals surface area (Å²) in [5.74, 6) is 2.69. The Labute approximate surface area is 381 Å². The van der Waals surface area contributed by atoms with Gasteiger partial charge in [-0.05, 0) is 96.0 Å². The number of imidazole rings is 2. The third-order valence-electron chi connectivity index (χ3n) is 10.0. The largest absolute Gasteiger partial charge is 0.497 e. The minimum atomic E-state index is -4.44. The Morgan fingerprint density at radius 3 is 1.79 bits per heavy atom. The predicted octanol–water partition coefficient (Wildman–Crippen LogP) is 9.51. The fourth-order valence-electron chi connectivity index (χ4n) is 6.82. The lowest BCUT2D eigenvalue weighted by molar-refractivity contribution is -0.139. The molecule has 66 heavy (non-hydrogen) atoms. The number of anilines is 1. The number of rotatable bonds is 14. The lowest BCUT2D eigenvalue weighted by Crippen LogP contribution is -2.15. The molecule has 0 atom stereocenters. The number of benzene rings is 4. The zero-order valence-electron chi connectivity index (χ0n) is 35.5. The van der Waals surface area contributed by atoms with E-state index in [-0.39, 0.29) is 48.4 Å². The van der Waals surface area contributed by atoms with Gasteiger partial charge in [-0.1, -0.05) is 36.4 Å². The van der Waals surface area contributed by atoms with Crippen LogP contribution in [0.2, 0.25) is 0 Å². The maximum absolute atomic E-state index is 13.5. The van der Waals surface area contributed by atoms with Crippen LogP contribution >= 0.6 is 23.5 Å². The predicted molar refractivity (Wildman–Crippen MR) is 235 cm³/mol. The summed E-state index contributed by atoms with van der Waals surface area (Å²) in [4.78, 5) is 26.0. The first-order chi connectivity index (χ1) is 31.6. The number of hydrogen-bond donors (Lipinski definition) is 3. The molecule has 22 heteroatoms. The third-order valence-corrected chi connectivity index (χ3v) is 12.0. The van der Waals surface area contributed by atoms with Crippen LogP contribution < -0.4 is 30.2 Å². The van der Waals surface area contributed by atoms with Crippen LogP contribution in [0.1, 0.15) is 22.3 Å². The number of alkyl halides is 6. The zero-order chi connectivity index (χ0) is 47.2. The summed E-state index contributed by atoms with van der Waals surface area (Å²) >= 11 is 2.56. The number of nitrogens with one attached hydrogen (secondary N) is 2. The molecule has 4 aromatic heterocycles. The number of nitrogen functional groups attached to an aromatic ring is 1. The van der Waals surface area contributed by atoms with Gasteiger partial charge >= 0.3 is 12.4 Å². The van der Waals surface area contributed by atoms with Crippen molar-refractivity contribution in [3.05, 3.63) is 125 Å². The quantitative estimate of drug-likeness (QED) is 0.0882. The standard InChI is InChI=1S/2C22H20F3N5O2S/c1-31-14-7-8-16(32-2)17(11-14)33-21-28-18-19(26)27-12-30(20(18)29-21)10-9-13-5-3-4-6-15(13)22(23,24)25;1-31-14-7-8-16(32-2)17(11-14)33-21-29-18-19(26)27-12-28-20(18)30(21)10-9-13-5-3-4-6-15(13)22(23,24)25/h3-8,11-12,26H,9-10H2,1-2H3,(H,28,29);3-8,11-12H,9-10H2,1-2H3,(H2,26,27,28). The first-order valence-corrected chi connectivity index (χ1v) is 21.3. The Balaban J connectivity index is 0.000000196. The van der Waals surface area contributed by atoms with Crippen LogP contribution in [0.5, 0.6) is 23.0 Å². The molecule has 0 saturated heterocycles. The van der Waals surface area contributed by atoms with Gasteiger partial charge in [-0.15, -0.1) is 0 Å². The molecule has 4 aromatic carbocycles. The molecule has 0 spiro atoms. The van der Waals surface area contributed by atoms with Crippen molar-refractivity contribution in [1.29, 1.82) is 5.41 Å². The summed E-state index contributed by atoms with van der Waals surface area (Å²) in [5.41, 5.74) is 6.69. The first kappa shape index (κ1) is 47.0. The van der Waals surface area contributed by atoms with E-state index < -0.39 is 23.5 Å². The Morgan fingerprint density at radius 2 is 1.23 bits per heavy atom. The Bertz CT molecular complexity index is 3050. The van der Waals surface area contributed by atoms with Crippen LogP contribution in [0.25, 0.3) is 22.3 Å². The van der Waals surface area contributed by atoms with E-state index in [1.54, 1.807) is 86.1 Å². The number of nitrogens with two attached hydrogens (primary N) is 1. The van der Waals surface area contributed by atoms with Crippen LogP contribution in [0.4, 0.5) is 32.2 Å². The molecule has 14 nitrogen and oxygen atoms in total. The number of aromatic amines is 1. The lowest BCUT2D eigenvalue weighted by Gasteiger charge is -2.14. The van der Waals surface area contributed by atoms with E-state index in [0.29, 0.717) is 55.6 Å². The van der Waals surface area contributed by atoms with Gasteiger partial charge in [0, 0.05) is 13.1 Å². The molecule has 0 radical (unpaired) electrons. The minimum absolute atomic E-state index is 0.00565. The van der Waals surface area contributed by atoms with E-state index in [0.717, 1.165) is 21.9 Å². The summed E-state index contributed by atoms with van der Waals surface area (Å²) in [5, 5.41) is 9.09. The van der Waals surface area contributed by atoms with Crippen LogP contribution in [0, 0.1) is 5.41 Å². The van der Waals surface area contributed by atoms with Crippen LogP contribution in [0.15, 0.2) is 118 Å². The molecule has 0 aliphatic rings. The normalized spacial score (nSPS) is 11.7. The molecule has 344 valence electrons. The number of fused-ring (bicyclic) bond motifs is 2. The van der Waals surface area contributed by atoms with Crippen molar-refractivity contribution in [3.63, 3.8) is 0 Å². The molecule has 0 aliphatic heterocycles. The number of hydrogen-bond acceptors (Lipinski definition) is 13. The highest BCUT2D eigenvalue weighted by atomic mass is 32.2. The van der Waals surface area contributed by atoms with Crippen molar-refractivity contribution in [2.24, 2.45) is 0 Å². The van der Waals surface area contributed by atoms with E-state index >= 15 is 0 Å². The summed E-state index contributed by atoms with van der Waals surface area (Å²) < 4.78 is 105. The number of halogens is 6. The SMILES string of the molecule is COc1ccc(OC)c(Sc2nc3c(N)ncnc3n2CCc2ccccc2C(F)(F)F)c1.COc1ccc(OC)c(Sc2nc3c([nH]2)c(=N)ncn3CCc2ccccc2C(F)(F)F)c1. The molecule has 0 aliphatic carbocycles. The van der Waals surface area contributed by atoms with Gasteiger partial charge in [0.25, 0.3) is 0 Å². The lowest BCUT2D eigenvalue weighted by atomic mass is 10.0. The van der Waals surface area contributed by atoms with Crippen molar-refractivity contribution in [2.75, 3.05) is 34.2 Å². The van der Waals surface area contributed by atoms with Gasteiger partial charge in [-0.3, -0.25) is 5.41 Å². The second kappa shape index (κ2) is 20.1. The van der Waals surface area contributed by atoms with Crippen molar-refractivity contribution >= 4 is 51.7 Å². The molecular formula is C44H40F6N10O4S2. The molecular weight excluding hydrogens is 911 g/mol. The van der Waals surface area contributed by atoms with Crippen LogP contribution in [0.3, 0.4) is 0 Å². The highest BCUT2D eigenvalue weighted by Gasteiger charge is 2.34. The first-order valence-electron chi connectivity index (χ1n) is 19.7. The topological polar surface area (TPSA) is 177 Å². The summed E-state index contributed by atoms with van der Waals surface area (Å²) in [6.07, 6.45) is -5.89. The molecule has 0 saturated carbocycles. The highest BCUT2D eigenvalue weighted by Crippen LogP contribution is 2.40. The van der Waals surface area contributed by atoms with E-state index in [9.17, 15) is 26.3 Å². The van der Waals surface area contributed by atoms with Gasteiger partial charge in [0.1, 0.15) is 34.8 Å². The average molecular weight is 951 g/mol. The van der Waals surface area contributed by atoms with Gasteiger partial charge in [0.05, 0.1) is 55.7 Å². The highest BCUT2D eigenvalue weighted by molar-refractivity contribution is 7.99. The van der Waals surface area contributed by atoms with E-state index in [2.05, 4.69) is 29.9 Å². The van der Waals surface area contributed by atoms with E-state index in [1.165, 1.54) is 60.4 Å². The van der Waals surface area contributed by atoms with Crippen LogP contribution in [-0.4, -0.2) is 67.5 Å². The maximum Gasteiger partial charge on any atom is 0.416 e. The minimum Gasteiger partial charge on any atom is -0.497 e. The number of H-pyrrole nitrogens is 1.